The van der Waals surface area contributed by atoms with Gasteiger partial charge in [0.15, 0.2) is 0 Å². The maximum Gasteiger partial charge on any atom is 0.273 e. The molecule has 1 amide bonds. The number of anilines is 1. The molecule has 0 spiro atoms. The molecule has 0 bridgehead atoms. The van der Waals surface area contributed by atoms with Crippen LogP contribution in [0.3, 0.4) is 0 Å². The number of hydrogen-bond donors (Lipinski definition) is 0. The third kappa shape index (κ3) is 2.47. The molecular formula is C16H13N3O5. The molecule has 122 valence electrons. The Bertz CT molecular complexity index is 878. The van der Waals surface area contributed by atoms with Gasteiger partial charge < -0.3 is 4.90 Å². The van der Waals surface area contributed by atoms with E-state index in [4.69, 9.17) is 0 Å². The van der Waals surface area contributed by atoms with Crippen LogP contribution in [0.5, 0.6) is 0 Å². The number of amides is 1. The van der Waals surface area contributed by atoms with Crippen molar-refractivity contribution in [2.75, 3.05) is 11.4 Å². The van der Waals surface area contributed by atoms with Crippen LogP contribution in [0.2, 0.25) is 0 Å². The maximum absolute atomic E-state index is 12.8. The lowest BCUT2D eigenvalue weighted by Crippen LogP contribution is -2.29. The Balaban J connectivity index is 2.03. The van der Waals surface area contributed by atoms with Crippen molar-refractivity contribution in [3.63, 3.8) is 0 Å². The number of nitro groups is 2. The average molecular weight is 327 g/mol. The summed E-state index contributed by atoms with van der Waals surface area (Å²) in [6.45, 7) is 1.91. The van der Waals surface area contributed by atoms with Crippen molar-refractivity contribution >= 4 is 23.0 Å². The van der Waals surface area contributed by atoms with Crippen LogP contribution in [-0.4, -0.2) is 22.3 Å². The standard InChI is InChI=1S/C16H13N3O5/c1-10-13(3-2-4-14(10)19(23)24)16(20)17-8-7-11-5-6-12(18(21)22)9-15(11)17/h2-6,9H,7-8H2,1H3. The van der Waals surface area contributed by atoms with Gasteiger partial charge in [-0.1, -0.05) is 12.1 Å². The zero-order valence-corrected chi connectivity index (χ0v) is 12.8. The van der Waals surface area contributed by atoms with Crippen LogP contribution < -0.4 is 4.90 Å². The number of fused-ring (bicyclic) bond motifs is 1. The highest BCUT2D eigenvalue weighted by Gasteiger charge is 2.29. The molecule has 8 nitrogen and oxygen atoms in total. The minimum Gasteiger partial charge on any atom is -0.307 e. The smallest absolute Gasteiger partial charge is 0.273 e. The van der Waals surface area contributed by atoms with Gasteiger partial charge in [-0.3, -0.25) is 25.0 Å². The van der Waals surface area contributed by atoms with Crippen molar-refractivity contribution in [3.8, 4) is 0 Å². The molecule has 0 radical (unpaired) electrons. The average Bonchev–Trinajstić information content (AvgIpc) is 2.97. The van der Waals surface area contributed by atoms with Gasteiger partial charge in [0, 0.05) is 35.9 Å². The van der Waals surface area contributed by atoms with Gasteiger partial charge in [0.05, 0.1) is 15.5 Å². The van der Waals surface area contributed by atoms with Gasteiger partial charge in [-0.25, -0.2) is 0 Å². The Kier molecular flexibility index (Phi) is 3.72. The highest BCUT2D eigenvalue weighted by molar-refractivity contribution is 6.08. The van der Waals surface area contributed by atoms with Crippen LogP contribution in [0.15, 0.2) is 36.4 Å². The Morgan fingerprint density at radius 3 is 2.54 bits per heavy atom. The largest absolute Gasteiger partial charge is 0.307 e. The Hall–Kier alpha value is -3.29. The van der Waals surface area contributed by atoms with E-state index in [0.29, 0.717) is 18.7 Å². The number of non-ortho nitro benzene ring substituents is 1. The molecule has 1 aliphatic heterocycles. The van der Waals surface area contributed by atoms with E-state index in [-0.39, 0.29) is 22.5 Å². The van der Waals surface area contributed by atoms with Crippen molar-refractivity contribution in [1.29, 1.82) is 0 Å². The predicted octanol–water partition coefficient (Wildman–Crippen LogP) is 3.01. The second kappa shape index (κ2) is 5.73. The molecule has 2 aromatic carbocycles. The SMILES string of the molecule is Cc1c(C(=O)N2CCc3ccc([N+](=O)[O-])cc32)cccc1[N+](=O)[O-]. The minimum atomic E-state index is -0.533. The first-order chi connectivity index (χ1) is 11.4. The number of carbonyl (C=O) groups is 1. The first-order valence-corrected chi connectivity index (χ1v) is 7.23. The van der Waals surface area contributed by atoms with E-state index in [9.17, 15) is 25.0 Å². The molecule has 3 rings (SSSR count). The van der Waals surface area contributed by atoms with Gasteiger partial charge in [-0.15, -0.1) is 0 Å². The van der Waals surface area contributed by atoms with E-state index < -0.39 is 15.8 Å². The topological polar surface area (TPSA) is 107 Å². The lowest BCUT2D eigenvalue weighted by molar-refractivity contribution is -0.385. The molecule has 2 aromatic rings. The molecule has 0 atom stereocenters. The first-order valence-electron chi connectivity index (χ1n) is 7.23. The number of hydrogen-bond acceptors (Lipinski definition) is 5. The van der Waals surface area contributed by atoms with Crippen molar-refractivity contribution in [3.05, 3.63) is 73.3 Å². The molecule has 0 aromatic heterocycles. The van der Waals surface area contributed by atoms with Gasteiger partial charge in [0.1, 0.15) is 0 Å². The van der Waals surface area contributed by atoms with Gasteiger partial charge >= 0.3 is 0 Å². The molecule has 1 aliphatic rings. The number of nitro benzene ring substituents is 2. The van der Waals surface area contributed by atoms with E-state index in [1.807, 2.05) is 0 Å². The quantitative estimate of drug-likeness (QED) is 0.636. The minimum absolute atomic E-state index is 0.0933. The highest BCUT2D eigenvalue weighted by Crippen LogP contribution is 2.33. The zero-order valence-electron chi connectivity index (χ0n) is 12.8. The van der Waals surface area contributed by atoms with Crippen LogP contribution in [0, 0.1) is 27.2 Å². The van der Waals surface area contributed by atoms with Crippen LogP contribution >= 0.6 is 0 Å². The maximum atomic E-state index is 12.8. The van der Waals surface area contributed by atoms with Gasteiger partial charge in [0.2, 0.25) is 0 Å². The predicted molar refractivity (Wildman–Crippen MR) is 86.3 cm³/mol. The molecule has 1 heterocycles. The number of benzene rings is 2. The van der Waals surface area contributed by atoms with E-state index in [2.05, 4.69) is 0 Å². The fraction of sp³-hybridized carbons (Fsp3) is 0.188. The highest BCUT2D eigenvalue weighted by atomic mass is 16.6. The summed E-state index contributed by atoms with van der Waals surface area (Å²) in [6, 6.07) is 8.75. The molecule has 8 heteroatoms. The fourth-order valence-corrected chi connectivity index (χ4v) is 2.89. The number of rotatable bonds is 3. The molecule has 24 heavy (non-hydrogen) atoms. The first kappa shape index (κ1) is 15.6. The van der Waals surface area contributed by atoms with Crippen molar-refractivity contribution < 1.29 is 14.6 Å². The second-order valence-corrected chi connectivity index (χ2v) is 5.48. The molecule has 0 aliphatic carbocycles. The summed E-state index contributed by atoms with van der Waals surface area (Å²) in [5.74, 6) is -0.393. The summed E-state index contributed by atoms with van der Waals surface area (Å²) in [6.07, 6.45) is 0.590. The monoisotopic (exact) mass is 327 g/mol. The summed E-state index contributed by atoms with van der Waals surface area (Å²) in [5.41, 5.74) is 1.62. The van der Waals surface area contributed by atoms with Crippen molar-refractivity contribution in [1.82, 2.24) is 0 Å². The number of nitrogens with zero attached hydrogens (tertiary/aromatic N) is 3. The zero-order chi connectivity index (χ0) is 17.4. The molecule has 0 saturated heterocycles. The molecular weight excluding hydrogens is 314 g/mol. The lowest BCUT2D eigenvalue weighted by Gasteiger charge is -2.18. The third-order valence-corrected chi connectivity index (χ3v) is 4.15. The summed E-state index contributed by atoms with van der Waals surface area (Å²) < 4.78 is 0. The van der Waals surface area contributed by atoms with E-state index in [1.54, 1.807) is 6.07 Å². The van der Waals surface area contributed by atoms with Crippen LogP contribution in [0.1, 0.15) is 21.5 Å². The summed E-state index contributed by atoms with van der Waals surface area (Å²) in [4.78, 5) is 35.2. The van der Waals surface area contributed by atoms with Gasteiger partial charge in [0.25, 0.3) is 17.3 Å². The van der Waals surface area contributed by atoms with Crippen molar-refractivity contribution in [2.45, 2.75) is 13.3 Å². The summed E-state index contributed by atoms with van der Waals surface area (Å²) in [7, 11) is 0. The molecule has 0 unspecified atom stereocenters. The Morgan fingerprint density at radius 1 is 1.12 bits per heavy atom. The van der Waals surface area contributed by atoms with Gasteiger partial charge in [-0.2, -0.15) is 0 Å². The van der Waals surface area contributed by atoms with Gasteiger partial charge in [-0.05, 0) is 25.0 Å². The second-order valence-electron chi connectivity index (χ2n) is 5.48. The number of carbonyl (C=O) groups excluding carboxylic acids is 1. The lowest BCUT2D eigenvalue weighted by atomic mass is 10.1. The Labute approximate surface area is 136 Å². The molecule has 0 fully saturated rings. The molecule has 0 saturated carbocycles. The summed E-state index contributed by atoms with van der Waals surface area (Å²) in [5, 5.41) is 22.0. The third-order valence-electron chi connectivity index (χ3n) is 4.15. The van der Waals surface area contributed by atoms with Crippen LogP contribution in [-0.2, 0) is 6.42 Å². The van der Waals surface area contributed by atoms with E-state index in [1.165, 1.54) is 42.2 Å². The van der Waals surface area contributed by atoms with Crippen LogP contribution in [0.25, 0.3) is 0 Å². The fourth-order valence-electron chi connectivity index (χ4n) is 2.89. The molecule has 0 N–H and O–H groups in total. The van der Waals surface area contributed by atoms with Crippen LogP contribution in [0.4, 0.5) is 17.1 Å². The summed E-state index contributed by atoms with van der Waals surface area (Å²) >= 11 is 0. The normalized spacial score (nSPS) is 12.8. The van der Waals surface area contributed by atoms with E-state index in [0.717, 1.165) is 5.56 Å². The van der Waals surface area contributed by atoms with Crippen molar-refractivity contribution in [2.24, 2.45) is 0 Å². The Morgan fingerprint density at radius 2 is 1.88 bits per heavy atom. The van der Waals surface area contributed by atoms with E-state index >= 15 is 0 Å².